The van der Waals surface area contributed by atoms with Crippen LogP contribution in [0.3, 0.4) is 0 Å². The van der Waals surface area contributed by atoms with Gasteiger partial charge in [0.25, 0.3) is 0 Å². The van der Waals surface area contributed by atoms with Gasteiger partial charge in [-0.25, -0.2) is 0 Å². The molecule has 0 saturated heterocycles. The van der Waals surface area contributed by atoms with E-state index in [1.165, 1.54) is 49.3 Å². The molecule has 12 aromatic rings. The number of aromatic nitrogens is 1. The van der Waals surface area contributed by atoms with Gasteiger partial charge in [-0.15, -0.1) is 0 Å². The summed E-state index contributed by atoms with van der Waals surface area (Å²) in [5, 5.41) is 7.29. The van der Waals surface area contributed by atoms with Crippen LogP contribution in [0.15, 0.2) is 235 Å². The number of nitrogens with zero attached hydrogens (tertiary/aromatic N) is 2. The summed E-state index contributed by atoms with van der Waals surface area (Å²) < 4.78 is 8.63. The van der Waals surface area contributed by atoms with Crippen LogP contribution in [0.25, 0.3) is 93.6 Å². The van der Waals surface area contributed by atoms with E-state index < -0.39 is 0 Å². The zero-order valence-corrected chi connectivity index (χ0v) is 33.2. The lowest BCUT2D eigenvalue weighted by molar-refractivity contribution is 0.669. The average Bonchev–Trinajstić information content (AvgIpc) is 3.88. The second-order valence-corrected chi connectivity index (χ2v) is 15.7. The molecule has 286 valence electrons. The highest BCUT2D eigenvalue weighted by molar-refractivity contribution is 6.12. The summed E-state index contributed by atoms with van der Waals surface area (Å²) in [5.41, 5.74) is 15.7. The Hall–Kier alpha value is -8.14. The maximum atomic E-state index is 6.25. The fourth-order valence-electron chi connectivity index (χ4n) is 9.35. The molecule has 0 unspecified atom stereocenters. The third kappa shape index (κ3) is 5.90. The standard InChI is InChI=1S/C58H38N2O/c1-2-16-48-40(12-1)13-10-20-49(48)41-28-34-45(35-29-41)59(46-36-30-42(31-37-46)50-21-11-25-57-58(50)53-19-5-8-24-56(53)61-57)44-32-26-39(27-33-44)43-14-9-15-47(38-43)60-54-22-6-3-17-51(54)52-18-4-7-23-55(52)60/h1-38H. The second kappa shape index (κ2) is 14.3. The van der Waals surface area contributed by atoms with Crippen molar-refractivity contribution in [2.24, 2.45) is 0 Å². The van der Waals surface area contributed by atoms with Crippen LogP contribution in [0.5, 0.6) is 0 Å². The summed E-state index contributed by atoms with van der Waals surface area (Å²) in [7, 11) is 0. The van der Waals surface area contributed by atoms with Gasteiger partial charge in [0.1, 0.15) is 11.2 Å². The van der Waals surface area contributed by atoms with E-state index in [2.05, 4.69) is 228 Å². The topological polar surface area (TPSA) is 21.3 Å². The van der Waals surface area contributed by atoms with Gasteiger partial charge in [0.2, 0.25) is 0 Å². The first-order chi connectivity index (χ1) is 30.2. The fraction of sp³-hybridized carbons (Fsp3) is 0. The van der Waals surface area contributed by atoms with E-state index in [0.717, 1.165) is 61.4 Å². The number of hydrogen-bond acceptors (Lipinski definition) is 2. The lowest BCUT2D eigenvalue weighted by Crippen LogP contribution is -2.09. The first-order valence-corrected chi connectivity index (χ1v) is 20.8. The summed E-state index contributed by atoms with van der Waals surface area (Å²) in [5.74, 6) is 0. The molecule has 0 bridgehead atoms. The van der Waals surface area contributed by atoms with Crippen LogP contribution in [0, 0.1) is 0 Å². The molecule has 0 aliphatic carbocycles. The van der Waals surface area contributed by atoms with Gasteiger partial charge in [0, 0.05) is 44.3 Å². The number of furan rings is 1. The molecule has 0 aliphatic rings. The van der Waals surface area contributed by atoms with E-state index in [-0.39, 0.29) is 0 Å². The van der Waals surface area contributed by atoms with Crippen LogP contribution in [0.2, 0.25) is 0 Å². The molecule has 0 amide bonds. The minimum absolute atomic E-state index is 0.899. The van der Waals surface area contributed by atoms with Crippen molar-refractivity contribution < 1.29 is 4.42 Å². The molecule has 0 N–H and O–H groups in total. The molecule has 0 fully saturated rings. The maximum absolute atomic E-state index is 6.25. The molecule has 0 aliphatic heterocycles. The first kappa shape index (κ1) is 34.9. The van der Waals surface area contributed by atoms with Gasteiger partial charge in [-0.1, -0.05) is 158 Å². The third-order valence-electron chi connectivity index (χ3n) is 12.2. The van der Waals surface area contributed by atoms with Gasteiger partial charge in [-0.3, -0.25) is 0 Å². The first-order valence-electron chi connectivity index (χ1n) is 20.8. The number of para-hydroxylation sites is 3. The highest BCUT2D eigenvalue weighted by Crippen LogP contribution is 2.41. The van der Waals surface area contributed by atoms with Gasteiger partial charge in [-0.05, 0) is 117 Å². The van der Waals surface area contributed by atoms with Crippen molar-refractivity contribution in [3.8, 4) is 39.1 Å². The van der Waals surface area contributed by atoms with Crippen molar-refractivity contribution in [1.82, 2.24) is 4.57 Å². The normalized spacial score (nSPS) is 11.6. The molecule has 12 rings (SSSR count). The molecule has 2 heterocycles. The molecule has 0 atom stereocenters. The highest BCUT2D eigenvalue weighted by atomic mass is 16.3. The summed E-state index contributed by atoms with van der Waals surface area (Å²) in [6, 6.07) is 82.9. The number of anilines is 3. The van der Waals surface area contributed by atoms with Crippen molar-refractivity contribution >= 4 is 71.6 Å². The van der Waals surface area contributed by atoms with Crippen LogP contribution in [0.1, 0.15) is 0 Å². The van der Waals surface area contributed by atoms with Gasteiger partial charge >= 0.3 is 0 Å². The number of benzene rings is 10. The Balaban J connectivity index is 0.939. The van der Waals surface area contributed by atoms with E-state index in [9.17, 15) is 0 Å². The van der Waals surface area contributed by atoms with Crippen LogP contribution in [-0.2, 0) is 0 Å². The third-order valence-corrected chi connectivity index (χ3v) is 12.2. The molecule has 2 aromatic heterocycles. The molecule has 3 heteroatoms. The zero-order valence-electron chi connectivity index (χ0n) is 33.2. The minimum Gasteiger partial charge on any atom is -0.456 e. The fourth-order valence-corrected chi connectivity index (χ4v) is 9.35. The Morgan fingerprint density at radius 3 is 1.51 bits per heavy atom. The van der Waals surface area contributed by atoms with Crippen LogP contribution in [0.4, 0.5) is 17.1 Å². The Kier molecular flexibility index (Phi) is 8.17. The number of rotatable bonds is 7. The van der Waals surface area contributed by atoms with E-state index in [0.29, 0.717) is 0 Å². The van der Waals surface area contributed by atoms with Crippen molar-refractivity contribution in [1.29, 1.82) is 0 Å². The predicted octanol–water partition coefficient (Wildman–Crippen LogP) is 16.3. The predicted molar refractivity (Wildman–Crippen MR) is 257 cm³/mol. The monoisotopic (exact) mass is 778 g/mol. The molecule has 0 radical (unpaired) electrons. The Bertz CT molecular complexity index is 3520. The molecule has 10 aromatic carbocycles. The second-order valence-electron chi connectivity index (χ2n) is 15.7. The Morgan fingerprint density at radius 2 is 0.820 bits per heavy atom. The lowest BCUT2D eigenvalue weighted by Gasteiger charge is -2.26. The molecular weight excluding hydrogens is 741 g/mol. The molecule has 3 nitrogen and oxygen atoms in total. The van der Waals surface area contributed by atoms with Crippen molar-refractivity contribution in [2.45, 2.75) is 0 Å². The van der Waals surface area contributed by atoms with Crippen molar-refractivity contribution in [3.63, 3.8) is 0 Å². The highest BCUT2D eigenvalue weighted by Gasteiger charge is 2.17. The number of fused-ring (bicyclic) bond motifs is 7. The van der Waals surface area contributed by atoms with E-state index in [4.69, 9.17) is 4.42 Å². The lowest BCUT2D eigenvalue weighted by atomic mass is 9.97. The summed E-state index contributed by atoms with van der Waals surface area (Å²) >= 11 is 0. The summed E-state index contributed by atoms with van der Waals surface area (Å²) in [6.45, 7) is 0. The number of hydrogen-bond donors (Lipinski definition) is 0. The average molecular weight is 779 g/mol. The summed E-state index contributed by atoms with van der Waals surface area (Å²) in [4.78, 5) is 2.35. The molecule has 0 saturated carbocycles. The SMILES string of the molecule is c1cc(-c2ccc(N(c3ccc(-c4cccc5ccccc45)cc3)c3ccc(-c4cccc5oc6ccccc6c45)cc3)cc2)cc(-n2c3ccccc3c3ccccc32)c1. The van der Waals surface area contributed by atoms with Gasteiger partial charge < -0.3 is 13.9 Å². The Morgan fingerprint density at radius 1 is 0.328 bits per heavy atom. The van der Waals surface area contributed by atoms with Gasteiger partial charge in [0.05, 0.1) is 11.0 Å². The summed E-state index contributed by atoms with van der Waals surface area (Å²) in [6.07, 6.45) is 0. The van der Waals surface area contributed by atoms with E-state index in [1.807, 2.05) is 12.1 Å². The maximum Gasteiger partial charge on any atom is 0.136 e. The smallest absolute Gasteiger partial charge is 0.136 e. The van der Waals surface area contributed by atoms with Gasteiger partial charge in [-0.2, -0.15) is 0 Å². The van der Waals surface area contributed by atoms with Crippen LogP contribution >= 0.6 is 0 Å². The van der Waals surface area contributed by atoms with E-state index >= 15 is 0 Å². The van der Waals surface area contributed by atoms with Crippen molar-refractivity contribution in [2.75, 3.05) is 4.90 Å². The minimum atomic E-state index is 0.899. The van der Waals surface area contributed by atoms with E-state index in [1.54, 1.807) is 0 Å². The molecular formula is C58H38N2O. The molecule has 0 spiro atoms. The largest absolute Gasteiger partial charge is 0.456 e. The quantitative estimate of drug-likeness (QED) is 0.161. The van der Waals surface area contributed by atoms with Crippen LogP contribution in [-0.4, -0.2) is 4.57 Å². The Labute approximate surface area is 353 Å². The zero-order chi connectivity index (χ0) is 40.3. The van der Waals surface area contributed by atoms with Gasteiger partial charge in [0.15, 0.2) is 0 Å². The molecule has 61 heavy (non-hydrogen) atoms. The van der Waals surface area contributed by atoms with Crippen molar-refractivity contribution in [3.05, 3.63) is 231 Å². The van der Waals surface area contributed by atoms with Crippen LogP contribution < -0.4 is 4.90 Å².